The number of fused-ring (bicyclic) bond motifs is 4. The first-order valence-corrected chi connectivity index (χ1v) is 12.9. The molecule has 1 saturated heterocycles. The van der Waals surface area contributed by atoms with Crippen molar-refractivity contribution in [2.45, 2.75) is 44.2 Å². The molecule has 192 valence electrons. The molecule has 1 fully saturated rings. The van der Waals surface area contributed by atoms with Crippen LogP contribution in [0.25, 0.3) is 0 Å². The molecule has 0 saturated carbocycles. The number of rotatable bonds is 8. The van der Waals surface area contributed by atoms with Gasteiger partial charge in [-0.25, -0.2) is 0 Å². The maximum atomic E-state index is 13.8. The van der Waals surface area contributed by atoms with Crippen LogP contribution in [0.3, 0.4) is 0 Å². The number of aryl methyl sites for hydroxylation is 1. The highest BCUT2D eigenvalue weighted by atomic mass is 16.5. The predicted octanol–water partition coefficient (Wildman–Crippen LogP) is 3.16. The number of amides is 2. The number of hydrogen-bond acceptors (Lipinski definition) is 4. The number of pyridine rings is 1. The first-order valence-electron chi connectivity index (χ1n) is 12.9. The summed E-state index contributed by atoms with van der Waals surface area (Å²) in [7, 11) is 1.63. The fourth-order valence-corrected chi connectivity index (χ4v) is 5.66. The molecule has 1 N–H and O–H groups in total. The molecule has 0 radical (unpaired) electrons. The Morgan fingerprint density at radius 2 is 1.73 bits per heavy atom. The highest BCUT2D eigenvalue weighted by Crippen LogP contribution is 2.35. The lowest BCUT2D eigenvalue weighted by Gasteiger charge is -2.43. The smallest absolute Gasteiger partial charge is 0.250 e. The van der Waals surface area contributed by atoms with E-state index in [0.29, 0.717) is 38.9 Å². The minimum Gasteiger partial charge on any atom is -0.497 e. The molecule has 5 rings (SSSR count). The van der Waals surface area contributed by atoms with E-state index in [9.17, 15) is 14.4 Å². The number of hydrogen-bond donors (Lipinski definition) is 1. The first kappa shape index (κ1) is 24.8. The Hall–Kier alpha value is -3.87. The summed E-state index contributed by atoms with van der Waals surface area (Å²) >= 11 is 0. The van der Waals surface area contributed by atoms with Gasteiger partial charge >= 0.3 is 0 Å². The van der Waals surface area contributed by atoms with Crippen molar-refractivity contribution in [2.24, 2.45) is 5.92 Å². The molecule has 3 aromatic rings. The lowest BCUT2D eigenvalue weighted by atomic mass is 9.83. The maximum Gasteiger partial charge on any atom is 0.250 e. The minimum atomic E-state index is -0.637. The zero-order chi connectivity index (χ0) is 25.8. The van der Waals surface area contributed by atoms with Gasteiger partial charge in [0.2, 0.25) is 11.8 Å². The molecule has 7 heteroatoms. The summed E-state index contributed by atoms with van der Waals surface area (Å²) in [5, 5.41) is 3.04. The lowest BCUT2D eigenvalue weighted by molar-refractivity contribution is -0.138. The van der Waals surface area contributed by atoms with Gasteiger partial charge in [-0.1, -0.05) is 48.5 Å². The largest absolute Gasteiger partial charge is 0.497 e. The summed E-state index contributed by atoms with van der Waals surface area (Å²) in [5.41, 5.74) is 3.08. The number of piperidine rings is 1. The van der Waals surface area contributed by atoms with E-state index in [1.807, 2.05) is 70.1 Å². The van der Waals surface area contributed by atoms with Crippen LogP contribution in [-0.2, 0) is 29.0 Å². The van der Waals surface area contributed by atoms with Gasteiger partial charge in [-0.05, 0) is 48.1 Å². The van der Waals surface area contributed by atoms with Gasteiger partial charge in [0.05, 0.1) is 7.11 Å². The van der Waals surface area contributed by atoms with Crippen molar-refractivity contribution in [1.29, 1.82) is 0 Å². The van der Waals surface area contributed by atoms with E-state index in [4.69, 9.17) is 4.74 Å². The van der Waals surface area contributed by atoms with E-state index < -0.39 is 6.04 Å². The molecule has 3 heterocycles. The zero-order valence-corrected chi connectivity index (χ0v) is 21.1. The predicted molar refractivity (Wildman–Crippen MR) is 142 cm³/mol. The van der Waals surface area contributed by atoms with Crippen LogP contribution in [0, 0.1) is 5.92 Å². The van der Waals surface area contributed by atoms with Crippen LogP contribution in [0.2, 0.25) is 0 Å². The first-order chi connectivity index (χ1) is 18.0. The number of ether oxygens (including phenoxy) is 1. The number of nitrogens with zero attached hydrogens (tertiary/aromatic N) is 2. The molecule has 2 amide bonds. The summed E-state index contributed by atoms with van der Waals surface area (Å²) < 4.78 is 7.07. The van der Waals surface area contributed by atoms with E-state index >= 15 is 0 Å². The van der Waals surface area contributed by atoms with E-state index in [2.05, 4.69) is 5.32 Å². The van der Waals surface area contributed by atoms with Gasteiger partial charge in [0.15, 0.2) is 0 Å². The summed E-state index contributed by atoms with van der Waals surface area (Å²) in [6, 6.07) is 22.2. The average molecular weight is 500 g/mol. The Morgan fingerprint density at radius 1 is 0.946 bits per heavy atom. The number of nitrogens with one attached hydrogen (secondary N) is 1. The second kappa shape index (κ2) is 11.0. The fourth-order valence-electron chi connectivity index (χ4n) is 5.66. The van der Waals surface area contributed by atoms with Crippen molar-refractivity contribution in [1.82, 2.24) is 14.8 Å². The van der Waals surface area contributed by atoms with Crippen LogP contribution in [0.5, 0.6) is 5.75 Å². The molecule has 3 atom stereocenters. The standard InChI is InChI=1S/C30H33N3O4/c1-37-25-13-10-21(11-14-25)12-15-28(34)31-26(17-22-6-3-2-4-7-22)30(36)32-18-23-16-24(20-32)27-8-5-9-29(35)33(27)19-23/h2-11,13-14,23-24,26H,12,15-20H2,1H3,(H,31,34). The second-order valence-electron chi connectivity index (χ2n) is 10.1. The number of methoxy groups -OCH3 is 1. The summed E-state index contributed by atoms with van der Waals surface area (Å²) in [4.78, 5) is 41.1. The molecule has 0 aliphatic carbocycles. The Morgan fingerprint density at radius 3 is 2.49 bits per heavy atom. The molecule has 3 unspecified atom stereocenters. The van der Waals surface area contributed by atoms with Gasteiger partial charge in [0, 0.05) is 50.2 Å². The monoisotopic (exact) mass is 499 g/mol. The normalized spacial score (nSPS) is 19.0. The van der Waals surface area contributed by atoms with Crippen LogP contribution in [-0.4, -0.2) is 47.5 Å². The van der Waals surface area contributed by atoms with Crippen molar-refractivity contribution >= 4 is 11.8 Å². The van der Waals surface area contributed by atoms with Crippen molar-refractivity contribution in [3.8, 4) is 5.75 Å². The van der Waals surface area contributed by atoms with Crippen LogP contribution in [0.1, 0.15) is 35.6 Å². The van der Waals surface area contributed by atoms with E-state index in [-0.39, 0.29) is 29.2 Å². The highest BCUT2D eigenvalue weighted by molar-refractivity contribution is 5.88. The number of carbonyl (C=O) groups is 2. The maximum absolute atomic E-state index is 13.8. The number of carbonyl (C=O) groups excluding carboxylic acids is 2. The number of benzene rings is 2. The van der Waals surface area contributed by atoms with Gasteiger partial charge in [0.1, 0.15) is 11.8 Å². The fraction of sp³-hybridized carbons (Fsp3) is 0.367. The molecule has 1 aromatic heterocycles. The highest BCUT2D eigenvalue weighted by Gasteiger charge is 2.38. The van der Waals surface area contributed by atoms with Gasteiger partial charge < -0.3 is 19.5 Å². The van der Waals surface area contributed by atoms with E-state index in [0.717, 1.165) is 29.0 Å². The van der Waals surface area contributed by atoms with Gasteiger partial charge in [-0.2, -0.15) is 0 Å². The molecule has 37 heavy (non-hydrogen) atoms. The van der Waals surface area contributed by atoms with Crippen molar-refractivity contribution in [2.75, 3.05) is 20.2 Å². The Labute approximate surface area is 217 Å². The Kier molecular flexibility index (Phi) is 7.40. The number of aromatic nitrogens is 1. The number of likely N-dealkylation sites (tertiary alicyclic amines) is 1. The summed E-state index contributed by atoms with van der Waals surface area (Å²) in [5.74, 6) is 0.953. The Balaban J connectivity index is 1.29. The SMILES string of the molecule is COc1ccc(CCC(=O)NC(Cc2ccccc2)C(=O)N2CC3CC(C2)c2cccc(=O)n2C3)cc1. The average Bonchev–Trinajstić information content (AvgIpc) is 2.92. The van der Waals surface area contributed by atoms with Crippen LogP contribution >= 0.6 is 0 Å². The minimum absolute atomic E-state index is 0.0260. The molecule has 7 nitrogen and oxygen atoms in total. The third-order valence-corrected chi connectivity index (χ3v) is 7.51. The quantitative estimate of drug-likeness (QED) is 0.516. The molecule has 2 aromatic carbocycles. The van der Waals surface area contributed by atoms with Crippen molar-refractivity contribution in [3.05, 3.63) is 100.0 Å². The van der Waals surface area contributed by atoms with Crippen LogP contribution in [0.15, 0.2) is 77.6 Å². The molecule has 0 spiro atoms. The van der Waals surface area contributed by atoms with Gasteiger partial charge in [-0.3, -0.25) is 14.4 Å². The van der Waals surface area contributed by atoms with Crippen molar-refractivity contribution in [3.63, 3.8) is 0 Å². The molecular formula is C30H33N3O4. The molecule has 2 aliphatic rings. The second-order valence-corrected chi connectivity index (χ2v) is 10.1. The lowest BCUT2D eigenvalue weighted by Crippen LogP contribution is -2.55. The van der Waals surface area contributed by atoms with Crippen molar-refractivity contribution < 1.29 is 14.3 Å². The Bertz CT molecular complexity index is 1300. The third kappa shape index (κ3) is 5.77. The summed E-state index contributed by atoms with van der Waals surface area (Å²) in [6.45, 7) is 1.79. The van der Waals surface area contributed by atoms with Gasteiger partial charge in [0.25, 0.3) is 5.56 Å². The van der Waals surface area contributed by atoms with E-state index in [1.165, 1.54) is 0 Å². The van der Waals surface area contributed by atoms with E-state index in [1.54, 1.807) is 19.2 Å². The van der Waals surface area contributed by atoms with Crippen LogP contribution < -0.4 is 15.6 Å². The van der Waals surface area contributed by atoms with Crippen LogP contribution in [0.4, 0.5) is 0 Å². The molecular weight excluding hydrogens is 466 g/mol. The topological polar surface area (TPSA) is 80.6 Å². The molecule has 2 bridgehead atoms. The zero-order valence-electron chi connectivity index (χ0n) is 21.1. The summed E-state index contributed by atoms with van der Waals surface area (Å²) in [6.07, 6.45) is 2.30. The third-order valence-electron chi connectivity index (χ3n) is 7.51. The van der Waals surface area contributed by atoms with Gasteiger partial charge in [-0.15, -0.1) is 0 Å². The molecule has 2 aliphatic heterocycles.